The van der Waals surface area contributed by atoms with Crippen LogP contribution < -0.4 is 15.5 Å². The zero-order valence-electron chi connectivity index (χ0n) is 12.8. The molecule has 1 fully saturated rings. The Hall–Kier alpha value is -2.83. The highest BCUT2D eigenvalue weighted by Gasteiger charge is 2.16. The Bertz CT molecular complexity index is 708. The van der Waals surface area contributed by atoms with Crippen molar-refractivity contribution < 1.29 is 14.1 Å². The molecule has 0 saturated carbocycles. The van der Waals surface area contributed by atoms with Crippen LogP contribution in [0.1, 0.15) is 21.8 Å². The van der Waals surface area contributed by atoms with Crippen molar-refractivity contribution in [2.24, 2.45) is 0 Å². The van der Waals surface area contributed by atoms with Gasteiger partial charge < -0.3 is 20.1 Å². The van der Waals surface area contributed by atoms with E-state index in [1.807, 2.05) is 29.2 Å². The summed E-state index contributed by atoms with van der Waals surface area (Å²) in [5.74, 6) is -0.0456. The quantitative estimate of drug-likeness (QED) is 0.873. The van der Waals surface area contributed by atoms with Crippen molar-refractivity contribution in [3.63, 3.8) is 0 Å². The monoisotopic (exact) mass is 314 g/mol. The molecule has 1 aromatic heterocycles. The molecule has 2 heterocycles. The molecule has 0 spiro atoms. The fraction of sp³-hybridized carbons (Fsp3) is 0.312. The van der Waals surface area contributed by atoms with Gasteiger partial charge in [-0.3, -0.25) is 9.59 Å². The number of nitrogens with one attached hydrogen (secondary N) is 2. The molecule has 2 N–H and O–H groups in total. The first-order valence-corrected chi connectivity index (χ1v) is 7.44. The summed E-state index contributed by atoms with van der Waals surface area (Å²) in [5.41, 5.74) is 2.64. The molecule has 0 aliphatic carbocycles. The van der Waals surface area contributed by atoms with Gasteiger partial charge in [0.15, 0.2) is 0 Å². The summed E-state index contributed by atoms with van der Waals surface area (Å²) < 4.78 is 4.92. The van der Waals surface area contributed by atoms with Gasteiger partial charge in [0.25, 0.3) is 5.91 Å². The Kier molecular flexibility index (Phi) is 4.27. The molecular weight excluding hydrogens is 296 g/mol. The van der Waals surface area contributed by atoms with Crippen molar-refractivity contribution in [1.29, 1.82) is 0 Å². The average Bonchev–Trinajstić information content (AvgIpc) is 3.00. The molecule has 120 valence electrons. The van der Waals surface area contributed by atoms with Gasteiger partial charge in [-0.05, 0) is 24.6 Å². The van der Waals surface area contributed by atoms with Crippen molar-refractivity contribution in [2.75, 3.05) is 24.5 Å². The Morgan fingerprint density at radius 2 is 2.17 bits per heavy atom. The molecule has 0 unspecified atom stereocenters. The highest BCUT2D eigenvalue weighted by atomic mass is 16.5. The topological polar surface area (TPSA) is 87.5 Å². The Labute approximate surface area is 133 Å². The van der Waals surface area contributed by atoms with Gasteiger partial charge in [0.2, 0.25) is 11.7 Å². The van der Waals surface area contributed by atoms with E-state index < -0.39 is 0 Å². The van der Waals surface area contributed by atoms with Crippen molar-refractivity contribution in [3.8, 4) is 0 Å². The number of aromatic nitrogens is 1. The lowest BCUT2D eigenvalue weighted by molar-refractivity contribution is -0.120. The zero-order chi connectivity index (χ0) is 16.2. The molecule has 0 atom stereocenters. The van der Waals surface area contributed by atoms with Crippen LogP contribution in [0, 0.1) is 6.92 Å². The van der Waals surface area contributed by atoms with E-state index in [2.05, 4.69) is 15.8 Å². The first-order chi connectivity index (χ1) is 11.1. The maximum absolute atomic E-state index is 11.9. The second-order valence-electron chi connectivity index (χ2n) is 5.45. The van der Waals surface area contributed by atoms with Gasteiger partial charge in [-0.15, -0.1) is 0 Å². The van der Waals surface area contributed by atoms with Gasteiger partial charge in [-0.2, -0.15) is 0 Å². The van der Waals surface area contributed by atoms with Gasteiger partial charge in [-0.25, -0.2) is 0 Å². The largest absolute Gasteiger partial charge is 0.360 e. The molecule has 3 rings (SSSR count). The SMILES string of the molecule is Cc1cc(C(=O)NCc2ccc(N3CCNC(=O)C3)cc2)on1. The molecule has 2 aromatic rings. The molecule has 7 heteroatoms. The van der Waals surface area contributed by atoms with E-state index in [4.69, 9.17) is 4.52 Å². The fourth-order valence-corrected chi connectivity index (χ4v) is 2.42. The number of carbonyl (C=O) groups is 2. The first kappa shape index (κ1) is 15.1. The van der Waals surface area contributed by atoms with Crippen LogP contribution >= 0.6 is 0 Å². The lowest BCUT2D eigenvalue weighted by Gasteiger charge is -2.28. The summed E-state index contributed by atoms with van der Waals surface area (Å²) in [6, 6.07) is 9.39. The van der Waals surface area contributed by atoms with Crippen LogP contribution in [-0.4, -0.2) is 36.6 Å². The molecule has 23 heavy (non-hydrogen) atoms. The van der Waals surface area contributed by atoms with E-state index in [0.29, 0.717) is 25.3 Å². The number of rotatable bonds is 4. The van der Waals surface area contributed by atoms with E-state index in [0.717, 1.165) is 17.8 Å². The first-order valence-electron chi connectivity index (χ1n) is 7.44. The maximum Gasteiger partial charge on any atom is 0.290 e. The number of hydrogen-bond donors (Lipinski definition) is 2. The molecule has 0 bridgehead atoms. The minimum atomic E-state index is -0.289. The van der Waals surface area contributed by atoms with E-state index in [-0.39, 0.29) is 17.6 Å². The Morgan fingerprint density at radius 1 is 1.39 bits per heavy atom. The van der Waals surface area contributed by atoms with Crippen molar-refractivity contribution >= 4 is 17.5 Å². The van der Waals surface area contributed by atoms with Gasteiger partial charge in [-0.1, -0.05) is 17.3 Å². The van der Waals surface area contributed by atoms with Crippen LogP contribution in [0.3, 0.4) is 0 Å². The average molecular weight is 314 g/mol. The van der Waals surface area contributed by atoms with Crippen LogP contribution in [0.2, 0.25) is 0 Å². The summed E-state index contributed by atoms with van der Waals surface area (Å²) in [7, 11) is 0. The molecule has 0 radical (unpaired) electrons. The van der Waals surface area contributed by atoms with Gasteiger partial charge in [0, 0.05) is 31.4 Å². The van der Waals surface area contributed by atoms with E-state index in [1.54, 1.807) is 13.0 Å². The lowest BCUT2D eigenvalue weighted by Crippen LogP contribution is -2.47. The number of aryl methyl sites for hydroxylation is 1. The molecule has 1 aromatic carbocycles. The summed E-state index contributed by atoms with van der Waals surface area (Å²) in [6.07, 6.45) is 0. The normalized spacial score (nSPS) is 14.5. The van der Waals surface area contributed by atoms with E-state index in [9.17, 15) is 9.59 Å². The number of amides is 2. The molecular formula is C16H18N4O3. The van der Waals surface area contributed by atoms with Crippen molar-refractivity contribution in [1.82, 2.24) is 15.8 Å². The maximum atomic E-state index is 11.9. The third kappa shape index (κ3) is 3.68. The fourth-order valence-electron chi connectivity index (χ4n) is 2.42. The Balaban J connectivity index is 1.57. The highest BCUT2D eigenvalue weighted by Crippen LogP contribution is 2.16. The zero-order valence-corrected chi connectivity index (χ0v) is 12.8. The second-order valence-corrected chi connectivity index (χ2v) is 5.45. The standard InChI is InChI=1S/C16H18N4O3/c1-11-8-14(23-19-11)16(22)18-9-12-2-4-13(5-3-12)20-7-6-17-15(21)10-20/h2-5,8H,6-7,9-10H2,1H3,(H,17,21)(H,18,22). The minimum Gasteiger partial charge on any atom is -0.360 e. The number of benzene rings is 1. The Morgan fingerprint density at radius 3 is 2.83 bits per heavy atom. The predicted molar refractivity (Wildman–Crippen MR) is 84.1 cm³/mol. The van der Waals surface area contributed by atoms with E-state index >= 15 is 0 Å². The van der Waals surface area contributed by atoms with Crippen LogP contribution in [-0.2, 0) is 11.3 Å². The van der Waals surface area contributed by atoms with Crippen LogP contribution in [0.15, 0.2) is 34.9 Å². The highest BCUT2D eigenvalue weighted by molar-refractivity contribution is 5.91. The summed E-state index contributed by atoms with van der Waals surface area (Å²) in [5, 5.41) is 9.27. The van der Waals surface area contributed by atoms with E-state index in [1.165, 1.54) is 0 Å². The third-order valence-corrected chi connectivity index (χ3v) is 3.64. The molecule has 1 aliphatic rings. The van der Waals surface area contributed by atoms with Gasteiger partial charge in [0.05, 0.1) is 12.2 Å². The smallest absolute Gasteiger partial charge is 0.290 e. The van der Waals surface area contributed by atoms with Gasteiger partial charge in [0.1, 0.15) is 0 Å². The number of hydrogen-bond acceptors (Lipinski definition) is 5. The molecule has 2 amide bonds. The van der Waals surface area contributed by atoms with Crippen LogP contribution in [0.25, 0.3) is 0 Å². The second kappa shape index (κ2) is 6.51. The summed E-state index contributed by atoms with van der Waals surface area (Å²) in [4.78, 5) is 25.3. The summed E-state index contributed by atoms with van der Waals surface area (Å²) in [6.45, 7) is 4.00. The molecule has 1 saturated heterocycles. The number of piperazine rings is 1. The van der Waals surface area contributed by atoms with Crippen molar-refractivity contribution in [2.45, 2.75) is 13.5 Å². The minimum absolute atomic E-state index is 0.0370. The number of carbonyl (C=O) groups excluding carboxylic acids is 2. The van der Waals surface area contributed by atoms with Gasteiger partial charge >= 0.3 is 0 Å². The number of anilines is 1. The molecule has 7 nitrogen and oxygen atoms in total. The number of nitrogens with zero attached hydrogens (tertiary/aromatic N) is 2. The van der Waals surface area contributed by atoms with Crippen molar-refractivity contribution in [3.05, 3.63) is 47.3 Å². The predicted octanol–water partition coefficient (Wildman–Crippen LogP) is 0.849. The van der Waals surface area contributed by atoms with Crippen LogP contribution in [0.4, 0.5) is 5.69 Å². The van der Waals surface area contributed by atoms with Crippen LogP contribution in [0.5, 0.6) is 0 Å². The molecule has 1 aliphatic heterocycles. The third-order valence-electron chi connectivity index (χ3n) is 3.64. The lowest BCUT2D eigenvalue weighted by atomic mass is 10.2. The summed E-state index contributed by atoms with van der Waals surface area (Å²) >= 11 is 0.